The summed E-state index contributed by atoms with van der Waals surface area (Å²) in [4.78, 5) is 20.3. The number of amides is 1. The molecule has 1 N–H and O–H groups in total. The van der Waals surface area contributed by atoms with Gasteiger partial charge in [-0.25, -0.2) is 0 Å². The summed E-state index contributed by atoms with van der Waals surface area (Å²) >= 11 is 0. The van der Waals surface area contributed by atoms with Gasteiger partial charge in [-0.2, -0.15) is 0 Å². The molecule has 3 aromatic carbocycles. The highest BCUT2D eigenvalue weighted by atomic mass is 16.3. The van der Waals surface area contributed by atoms with Crippen LogP contribution in [-0.4, -0.2) is 67.6 Å². The van der Waals surface area contributed by atoms with E-state index in [4.69, 9.17) is 0 Å². The first-order chi connectivity index (χ1) is 16.0. The molecule has 33 heavy (non-hydrogen) atoms. The van der Waals surface area contributed by atoms with E-state index in [-0.39, 0.29) is 5.91 Å². The number of likely N-dealkylation sites (N-methyl/N-ethyl adjacent to an activating group) is 1. The molecule has 1 saturated heterocycles. The van der Waals surface area contributed by atoms with Crippen LogP contribution in [0.2, 0.25) is 0 Å². The molecule has 0 spiro atoms. The van der Waals surface area contributed by atoms with Crippen molar-refractivity contribution in [2.24, 2.45) is 0 Å². The van der Waals surface area contributed by atoms with Crippen LogP contribution in [0.5, 0.6) is 5.75 Å². The van der Waals surface area contributed by atoms with E-state index in [1.54, 1.807) is 11.0 Å². The molecule has 5 nitrogen and oxygen atoms in total. The Morgan fingerprint density at radius 3 is 1.94 bits per heavy atom. The van der Waals surface area contributed by atoms with Gasteiger partial charge in [0.05, 0.1) is 0 Å². The van der Waals surface area contributed by atoms with Crippen molar-refractivity contribution in [2.75, 3.05) is 51.7 Å². The summed E-state index contributed by atoms with van der Waals surface area (Å²) in [6.07, 6.45) is 0.712. The van der Waals surface area contributed by atoms with Gasteiger partial charge in [0.25, 0.3) is 0 Å². The number of anilines is 1. The molecule has 0 atom stereocenters. The van der Waals surface area contributed by atoms with E-state index in [2.05, 4.69) is 34.1 Å². The molecule has 172 valence electrons. The Kier molecular flexibility index (Phi) is 6.99. The van der Waals surface area contributed by atoms with Crippen LogP contribution in [0.15, 0.2) is 84.9 Å². The third kappa shape index (κ3) is 4.88. The quantitative estimate of drug-likeness (QED) is 0.600. The van der Waals surface area contributed by atoms with Gasteiger partial charge in [0, 0.05) is 52.0 Å². The summed E-state index contributed by atoms with van der Waals surface area (Å²) in [7, 11) is 3.69. The molecule has 0 radical (unpaired) electrons. The van der Waals surface area contributed by atoms with E-state index in [0.717, 1.165) is 49.5 Å². The van der Waals surface area contributed by atoms with Crippen LogP contribution in [0, 0.1) is 0 Å². The summed E-state index contributed by atoms with van der Waals surface area (Å²) in [6.45, 7) is 4.47. The first-order valence-corrected chi connectivity index (χ1v) is 11.6. The summed E-state index contributed by atoms with van der Waals surface area (Å²) in [6, 6.07) is 27.8. The fraction of sp³-hybridized carbons (Fsp3) is 0.321. The number of hydrogen-bond donors (Lipinski definition) is 1. The van der Waals surface area contributed by atoms with Gasteiger partial charge in [0.2, 0.25) is 5.91 Å². The van der Waals surface area contributed by atoms with Crippen LogP contribution in [-0.2, 0) is 10.2 Å². The summed E-state index contributed by atoms with van der Waals surface area (Å²) in [5.74, 6) is 0.408. The lowest BCUT2D eigenvalue weighted by molar-refractivity contribution is -0.133. The van der Waals surface area contributed by atoms with Crippen molar-refractivity contribution >= 4 is 11.6 Å². The minimum atomic E-state index is -0.728. The van der Waals surface area contributed by atoms with Crippen LogP contribution in [0.1, 0.15) is 17.5 Å². The number of carbonyl (C=O) groups excluding carboxylic acids is 1. The minimum Gasteiger partial charge on any atom is -0.508 e. The lowest BCUT2D eigenvalue weighted by Crippen LogP contribution is -2.50. The number of phenolic OH excluding ortho intramolecular Hbond substituents is 1. The van der Waals surface area contributed by atoms with Gasteiger partial charge in [0.1, 0.15) is 11.2 Å². The molecule has 1 fully saturated rings. The average Bonchev–Trinajstić information content (AvgIpc) is 2.86. The maximum atomic E-state index is 13.8. The van der Waals surface area contributed by atoms with Crippen molar-refractivity contribution in [1.29, 1.82) is 0 Å². The van der Waals surface area contributed by atoms with Crippen molar-refractivity contribution < 1.29 is 9.90 Å². The molecular weight excluding hydrogens is 410 g/mol. The Morgan fingerprint density at radius 1 is 0.848 bits per heavy atom. The van der Waals surface area contributed by atoms with Crippen LogP contribution in [0.3, 0.4) is 0 Å². The van der Waals surface area contributed by atoms with Crippen molar-refractivity contribution in [1.82, 2.24) is 9.80 Å². The van der Waals surface area contributed by atoms with E-state index in [0.29, 0.717) is 12.2 Å². The largest absolute Gasteiger partial charge is 0.508 e. The predicted molar refractivity (Wildman–Crippen MR) is 134 cm³/mol. The maximum Gasteiger partial charge on any atom is 0.237 e. The number of carbonyl (C=O) groups is 1. The molecular formula is C28H33N3O2. The van der Waals surface area contributed by atoms with E-state index in [1.165, 1.54) is 0 Å². The highest BCUT2D eigenvalue weighted by molar-refractivity contribution is 5.91. The zero-order valence-electron chi connectivity index (χ0n) is 19.5. The maximum absolute atomic E-state index is 13.8. The number of hydrogen-bond acceptors (Lipinski definition) is 4. The highest BCUT2D eigenvalue weighted by Gasteiger charge is 2.43. The monoisotopic (exact) mass is 443 g/mol. The molecule has 1 aliphatic heterocycles. The molecule has 0 bridgehead atoms. The molecule has 1 aliphatic rings. The van der Waals surface area contributed by atoms with E-state index >= 15 is 0 Å². The van der Waals surface area contributed by atoms with Crippen LogP contribution < -0.4 is 4.90 Å². The van der Waals surface area contributed by atoms with Crippen molar-refractivity contribution in [3.05, 3.63) is 96.1 Å². The third-order valence-corrected chi connectivity index (χ3v) is 6.67. The minimum absolute atomic E-state index is 0.110. The first-order valence-electron chi connectivity index (χ1n) is 11.6. The summed E-state index contributed by atoms with van der Waals surface area (Å²) in [5.41, 5.74) is 2.40. The zero-order valence-corrected chi connectivity index (χ0v) is 19.5. The van der Waals surface area contributed by atoms with Gasteiger partial charge in [-0.1, -0.05) is 66.7 Å². The van der Waals surface area contributed by atoms with Crippen molar-refractivity contribution in [3.63, 3.8) is 0 Å². The summed E-state index contributed by atoms with van der Waals surface area (Å²) < 4.78 is 0. The first kappa shape index (κ1) is 22.9. The van der Waals surface area contributed by atoms with Crippen LogP contribution in [0.25, 0.3) is 0 Å². The molecule has 0 aromatic heterocycles. The molecule has 0 aliphatic carbocycles. The van der Waals surface area contributed by atoms with Crippen LogP contribution >= 0.6 is 0 Å². The number of phenols is 1. The topological polar surface area (TPSA) is 47.0 Å². The zero-order chi connectivity index (χ0) is 23.3. The normalized spacial score (nSPS) is 14.8. The van der Waals surface area contributed by atoms with Gasteiger partial charge in [-0.05, 0) is 36.2 Å². The van der Waals surface area contributed by atoms with Crippen LogP contribution in [0.4, 0.5) is 5.69 Å². The molecule has 4 rings (SSSR count). The Morgan fingerprint density at radius 2 is 1.42 bits per heavy atom. The molecule has 1 amide bonds. The van der Waals surface area contributed by atoms with Crippen molar-refractivity contribution in [2.45, 2.75) is 11.8 Å². The van der Waals surface area contributed by atoms with Crippen molar-refractivity contribution in [3.8, 4) is 5.75 Å². The Labute approximate surface area is 196 Å². The lowest BCUT2D eigenvalue weighted by atomic mass is 9.70. The van der Waals surface area contributed by atoms with Gasteiger partial charge in [-0.3, -0.25) is 9.69 Å². The molecule has 3 aromatic rings. The van der Waals surface area contributed by atoms with Gasteiger partial charge in [-0.15, -0.1) is 0 Å². The fourth-order valence-electron chi connectivity index (χ4n) is 4.88. The standard InChI is InChI=1S/C28H33N3O2/c1-29(2)27(33)28(23-10-5-3-6-11-23,24-12-7-4-8-13-24)16-17-30-18-20-31(21-19-30)25-14-9-15-26(32)22-25/h3-15,22,32H,16-21H2,1-2H3. The highest BCUT2D eigenvalue weighted by Crippen LogP contribution is 2.38. The van der Waals surface area contributed by atoms with Gasteiger partial charge >= 0.3 is 0 Å². The van der Waals surface area contributed by atoms with E-state index < -0.39 is 5.41 Å². The number of nitrogens with zero attached hydrogens (tertiary/aromatic N) is 3. The number of benzene rings is 3. The smallest absolute Gasteiger partial charge is 0.237 e. The second-order valence-electron chi connectivity index (χ2n) is 8.94. The van der Waals surface area contributed by atoms with E-state index in [1.807, 2.05) is 68.7 Å². The third-order valence-electron chi connectivity index (χ3n) is 6.67. The second-order valence-corrected chi connectivity index (χ2v) is 8.94. The molecule has 0 saturated carbocycles. The Balaban J connectivity index is 1.56. The lowest BCUT2D eigenvalue weighted by Gasteiger charge is -2.40. The molecule has 5 heteroatoms. The fourth-order valence-corrected chi connectivity index (χ4v) is 4.88. The second kappa shape index (κ2) is 10.1. The number of rotatable bonds is 7. The molecule has 1 heterocycles. The number of piperazine rings is 1. The van der Waals surface area contributed by atoms with E-state index in [9.17, 15) is 9.90 Å². The Hall–Kier alpha value is -3.31. The number of aromatic hydroxyl groups is 1. The van der Waals surface area contributed by atoms with Gasteiger partial charge in [0.15, 0.2) is 0 Å². The predicted octanol–water partition coefficient (Wildman–Crippen LogP) is 3.98. The average molecular weight is 444 g/mol. The SMILES string of the molecule is CN(C)C(=O)C(CCN1CCN(c2cccc(O)c2)CC1)(c1ccccc1)c1ccccc1. The summed E-state index contributed by atoms with van der Waals surface area (Å²) in [5, 5.41) is 9.81. The molecule has 0 unspecified atom stereocenters. The van der Waals surface area contributed by atoms with Gasteiger partial charge < -0.3 is 14.9 Å². The Bertz CT molecular complexity index is 1010.